The highest BCUT2D eigenvalue weighted by Gasteiger charge is 2.39. The lowest BCUT2D eigenvalue weighted by Crippen LogP contribution is -2.45. The summed E-state index contributed by atoms with van der Waals surface area (Å²) < 4.78 is 6.31. The van der Waals surface area contributed by atoms with Crippen LogP contribution < -0.4 is 20.7 Å². The molecule has 7 nitrogen and oxygen atoms in total. The van der Waals surface area contributed by atoms with Crippen molar-refractivity contribution in [2.75, 3.05) is 17.7 Å². The molecule has 0 aliphatic carbocycles. The lowest BCUT2D eigenvalue weighted by Gasteiger charge is -2.41. The Morgan fingerprint density at radius 3 is 2.77 bits per heavy atom. The van der Waals surface area contributed by atoms with Crippen LogP contribution in [0.2, 0.25) is 0 Å². The van der Waals surface area contributed by atoms with E-state index in [4.69, 9.17) is 4.74 Å². The van der Waals surface area contributed by atoms with Gasteiger partial charge in [-0.05, 0) is 36.6 Å². The van der Waals surface area contributed by atoms with Crippen molar-refractivity contribution in [3.8, 4) is 5.75 Å². The monoisotopic (exact) mass is 408 g/mol. The molecule has 0 bridgehead atoms. The standard InChI is InChI=1S/C23H28N4O3/c1-4-23(5-2)13-19(17-8-6-7-9-20(17)30-23)25-21(28)24-16-11-10-15-14-27(3)22(29)26-18(15)12-16/h6-12,19H,4-5,13-14H2,1-3H3,(H,26,29)(H2,24,25,28)/t19-/m1/s1. The molecule has 30 heavy (non-hydrogen) atoms. The molecule has 0 aromatic heterocycles. The summed E-state index contributed by atoms with van der Waals surface area (Å²) in [5.74, 6) is 0.832. The highest BCUT2D eigenvalue weighted by molar-refractivity contribution is 5.95. The predicted octanol–water partition coefficient (Wildman–Crippen LogP) is 4.87. The van der Waals surface area contributed by atoms with Gasteiger partial charge in [0.2, 0.25) is 0 Å². The van der Waals surface area contributed by atoms with E-state index < -0.39 is 0 Å². The van der Waals surface area contributed by atoms with Crippen molar-refractivity contribution >= 4 is 23.4 Å². The smallest absolute Gasteiger partial charge is 0.321 e. The Bertz CT molecular complexity index is 971. The fourth-order valence-corrected chi connectivity index (χ4v) is 4.20. The summed E-state index contributed by atoms with van der Waals surface area (Å²) in [7, 11) is 1.75. The average molecular weight is 409 g/mol. The van der Waals surface area contributed by atoms with Crippen molar-refractivity contribution in [3.05, 3.63) is 53.6 Å². The number of carbonyl (C=O) groups excluding carboxylic acids is 2. The number of hydrogen-bond acceptors (Lipinski definition) is 3. The number of urea groups is 2. The summed E-state index contributed by atoms with van der Waals surface area (Å²) in [5, 5.41) is 8.86. The Labute approximate surface area is 176 Å². The normalized spacial score (nSPS) is 19.1. The number of para-hydroxylation sites is 1. The fourth-order valence-electron chi connectivity index (χ4n) is 4.20. The average Bonchev–Trinajstić information content (AvgIpc) is 2.74. The second kappa shape index (κ2) is 7.89. The number of rotatable bonds is 4. The van der Waals surface area contributed by atoms with E-state index in [1.807, 2.05) is 36.4 Å². The van der Waals surface area contributed by atoms with Crippen LogP contribution in [-0.4, -0.2) is 29.6 Å². The van der Waals surface area contributed by atoms with Crippen LogP contribution in [0.15, 0.2) is 42.5 Å². The molecule has 1 atom stereocenters. The number of carbonyl (C=O) groups is 2. The Morgan fingerprint density at radius 2 is 2.00 bits per heavy atom. The van der Waals surface area contributed by atoms with Crippen LogP contribution in [-0.2, 0) is 6.54 Å². The molecule has 7 heteroatoms. The second-order valence-electron chi connectivity index (χ2n) is 8.04. The SMILES string of the molecule is CCC1(CC)C[C@@H](NC(=O)Nc2ccc3c(c2)NC(=O)N(C)C3)c2ccccc2O1. The topological polar surface area (TPSA) is 82.7 Å². The molecule has 0 saturated heterocycles. The van der Waals surface area contributed by atoms with Crippen LogP contribution in [0.25, 0.3) is 0 Å². The second-order valence-corrected chi connectivity index (χ2v) is 8.04. The molecule has 0 radical (unpaired) electrons. The number of hydrogen-bond donors (Lipinski definition) is 3. The third kappa shape index (κ3) is 3.79. The van der Waals surface area contributed by atoms with Crippen LogP contribution in [0.5, 0.6) is 5.75 Å². The largest absolute Gasteiger partial charge is 0.487 e. The quantitative estimate of drug-likeness (QED) is 0.675. The molecule has 2 aromatic carbocycles. The minimum Gasteiger partial charge on any atom is -0.487 e. The van der Waals surface area contributed by atoms with Gasteiger partial charge in [0.05, 0.1) is 6.04 Å². The lowest BCUT2D eigenvalue weighted by molar-refractivity contribution is 0.0247. The van der Waals surface area contributed by atoms with Gasteiger partial charge in [0.25, 0.3) is 0 Å². The first-order valence-corrected chi connectivity index (χ1v) is 10.4. The number of fused-ring (bicyclic) bond motifs is 2. The van der Waals surface area contributed by atoms with Crippen LogP contribution in [0.1, 0.15) is 50.3 Å². The number of nitrogens with zero attached hydrogens (tertiary/aromatic N) is 1. The van der Waals surface area contributed by atoms with E-state index in [1.165, 1.54) is 0 Å². The summed E-state index contributed by atoms with van der Waals surface area (Å²) in [4.78, 5) is 26.3. The van der Waals surface area contributed by atoms with E-state index in [0.717, 1.165) is 41.8 Å². The third-order valence-electron chi connectivity index (χ3n) is 6.15. The summed E-state index contributed by atoms with van der Waals surface area (Å²) >= 11 is 0. The van der Waals surface area contributed by atoms with Gasteiger partial charge in [-0.2, -0.15) is 0 Å². The van der Waals surface area contributed by atoms with E-state index in [2.05, 4.69) is 29.8 Å². The Kier molecular flexibility index (Phi) is 5.28. The van der Waals surface area contributed by atoms with Gasteiger partial charge in [0.15, 0.2) is 0 Å². The Morgan fingerprint density at radius 1 is 1.23 bits per heavy atom. The minimum atomic E-state index is -0.283. The van der Waals surface area contributed by atoms with Crippen LogP contribution >= 0.6 is 0 Å². The van der Waals surface area contributed by atoms with Crippen molar-refractivity contribution in [3.63, 3.8) is 0 Å². The first kappa shape index (κ1) is 20.1. The molecule has 4 amide bonds. The molecule has 2 aromatic rings. The first-order chi connectivity index (χ1) is 14.4. The molecule has 0 fully saturated rings. The molecular formula is C23H28N4O3. The lowest BCUT2D eigenvalue weighted by atomic mass is 9.83. The fraction of sp³-hybridized carbons (Fsp3) is 0.391. The molecule has 2 aliphatic rings. The van der Waals surface area contributed by atoms with E-state index in [-0.39, 0.29) is 23.7 Å². The van der Waals surface area contributed by atoms with Gasteiger partial charge >= 0.3 is 12.1 Å². The number of amides is 4. The van der Waals surface area contributed by atoms with Gasteiger partial charge in [-0.3, -0.25) is 0 Å². The third-order valence-corrected chi connectivity index (χ3v) is 6.15. The van der Waals surface area contributed by atoms with Crippen LogP contribution in [0.4, 0.5) is 21.0 Å². The maximum Gasteiger partial charge on any atom is 0.321 e. The highest BCUT2D eigenvalue weighted by Crippen LogP contribution is 2.42. The summed E-state index contributed by atoms with van der Waals surface area (Å²) in [6, 6.07) is 12.9. The number of benzene rings is 2. The van der Waals surface area contributed by atoms with Crippen LogP contribution in [0, 0.1) is 0 Å². The van der Waals surface area contributed by atoms with Crippen molar-refractivity contribution in [1.29, 1.82) is 0 Å². The van der Waals surface area contributed by atoms with Gasteiger partial charge in [0.1, 0.15) is 11.4 Å². The Balaban J connectivity index is 1.50. The van der Waals surface area contributed by atoms with Crippen molar-refractivity contribution in [1.82, 2.24) is 10.2 Å². The van der Waals surface area contributed by atoms with Crippen LogP contribution in [0.3, 0.4) is 0 Å². The predicted molar refractivity (Wildman–Crippen MR) is 117 cm³/mol. The molecule has 2 aliphatic heterocycles. The molecular weight excluding hydrogens is 380 g/mol. The van der Waals surface area contributed by atoms with Crippen molar-refractivity contribution in [2.24, 2.45) is 0 Å². The number of ether oxygens (including phenoxy) is 1. The minimum absolute atomic E-state index is 0.138. The molecule has 4 rings (SSSR count). The maximum atomic E-state index is 12.8. The first-order valence-electron chi connectivity index (χ1n) is 10.4. The molecule has 0 saturated carbocycles. The highest BCUT2D eigenvalue weighted by atomic mass is 16.5. The molecule has 0 unspecified atom stereocenters. The van der Waals surface area contributed by atoms with Crippen molar-refractivity contribution < 1.29 is 14.3 Å². The molecule has 2 heterocycles. The van der Waals surface area contributed by atoms with Gasteiger partial charge in [-0.1, -0.05) is 38.1 Å². The van der Waals surface area contributed by atoms with Gasteiger partial charge in [-0.15, -0.1) is 0 Å². The molecule has 0 spiro atoms. The number of anilines is 2. The zero-order chi connectivity index (χ0) is 21.3. The summed E-state index contributed by atoms with van der Waals surface area (Å²) in [6.45, 7) is 4.78. The maximum absolute atomic E-state index is 12.8. The van der Waals surface area contributed by atoms with E-state index in [0.29, 0.717) is 12.2 Å². The van der Waals surface area contributed by atoms with Gasteiger partial charge in [0, 0.05) is 37.0 Å². The molecule has 3 N–H and O–H groups in total. The Hall–Kier alpha value is -3.22. The number of nitrogens with one attached hydrogen (secondary N) is 3. The van der Waals surface area contributed by atoms with E-state index in [9.17, 15) is 9.59 Å². The summed E-state index contributed by atoms with van der Waals surface area (Å²) in [5.41, 5.74) is 3.08. The van der Waals surface area contributed by atoms with Crippen molar-refractivity contribution in [2.45, 2.75) is 51.3 Å². The summed E-state index contributed by atoms with van der Waals surface area (Å²) in [6.07, 6.45) is 2.46. The van der Waals surface area contributed by atoms with E-state index in [1.54, 1.807) is 18.0 Å². The van der Waals surface area contributed by atoms with Gasteiger partial charge < -0.3 is 25.6 Å². The zero-order valence-corrected chi connectivity index (χ0v) is 17.6. The van der Waals surface area contributed by atoms with E-state index >= 15 is 0 Å². The molecule has 158 valence electrons. The zero-order valence-electron chi connectivity index (χ0n) is 17.6. The van der Waals surface area contributed by atoms with Gasteiger partial charge in [-0.25, -0.2) is 9.59 Å².